The average molecular weight is 405 g/mol. The van der Waals surface area contributed by atoms with E-state index in [2.05, 4.69) is 43.2 Å². The number of carbonyl (C=O) groups excluding carboxylic acids is 1. The van der Waals surface area contributed by atoms with Gasteiger partial charge in [-0.1, -0.05) is 26.8 Å². The first-order valence-electron chi connectivity index (χ1n) is 9.49. The summed E-state index contributed by atoms with van der Waals surface area (Å²) in [5, 5.41) is 8.53. The highest BCUT2D eigenvalue weighted by atomic mass is 32.2. The fraction of sp³-hybridized carbons (Fsp3) is 0.500. The minimum Gasteiger partial charge on any atom is -0.398 e. The fourth-order valence-corrected chi connectivity index (χ4v) is 3.83. The topological polar surface area (TPSA) is 128 Å². The van der Waals surface area contributed by atoms with E-state index >= 15 is 0 Å². The lowest BCUT2D eigenvalue weighted by Gasteiger charge is -2.23. The molecule has 0 atom stereocenters. The van der Waals surface area contributed by atoms with E-state index in [4.69, 9.17) is 10.9 Å². The molecule has 1 aromatic heterocycles. The number of hydrogen-bond acceptors (Lipinski definition) is 5. The quantitative estimate of drug-likeness (QED) is 0.637. The van der Waals surface area contributed by atoms with Gasteiger partial charge in [0.15, 0.2) is 0 Å². The molecule has 1 aliphatic carbocycles. The molecule has 1 saturated carbocycles. The van der Waals surface area contributed by atoms with E-state index < -0.39 is 10.0 Å². The molecule has 0 saturated heterocycles. The summed E-state index contributed by atoms with van der Waals surface area (Å²) in [7, 11) is -3.54. The molecule has 8 heteroatoms. The van der Waals surface area contributed by atoms with Gasteiger partial charge in [-0.3, -0.25) is 4.79 Å². The highest BCUT2D eigenvalue weighted by molar-refractivity contribution is 7.89. The van der Waals surface area contributed by atoms with Crippen LogP contribution in [0.15, 0.2) is 18.2 Å². The third kappa shape index (κ3) is 4.80. The molecule has 0 aliphatic heterocycles. The summed E-state index contributed by atoms with van der Waals surface area (Å²) in [5.41, 5.74) is 9.99. The Hall–Kier alpha value is -2.19. The lowest BCUT2D eigenvalue weighted by molar-refractivity contribution is 0.0949. The Balaban J connectivity index is 1.92. The van der Waals surface area contributed by atoms with Crippen LogP contribution in [-0.2, 0) is 15.4 Å². The molecule has 0 spiro atoms. The highest BCUT2D eigenvalue weighted by Gasteiger charge is 2.28. The largest absolute Gasteiger partial charge is 0.398 e. The number of nitrogens with one attached hydrogen (secondary N) is 1. The Kier molecular flexibility index (Phi) is 5.38. The zero-order valence-electron chi connectivity index (χ0n) is 16.6. The maximum absolute atomic E-state index is 12.5. The molecular formula is C20H28N4O3S. The highest BCUT2D eigenvalue weighted by Crippen LogP contribution is 2.43. The summed E-state index contributed by atoms with van der Waals surface area (Å²) in [6.45, 7) is 6.56. The van der Waals surface area contributed by atoms with Crippen LogP contribution >= 0.6 is 0 Å². The van der Waals surface area contributed by atoms with Crippen molar-refractivity contribution < 1.29 is 13.2 Å². The fourth-order valence-electron chi connectivity index (χ4n) is 3.28. The van der Waals surface area contributed by atoms with Crippen molar-refractivity contribution in [3.05, 3.63) is 35.0 Å². The van der Waals surface area contributed by atoms with Crippen molar-refractivity contribution in [2.75, 3.05) is 18.0 Å². The van der Waals surface area contributed by atoms with Gasteiger partial charge >= 0.3 is 0 Å². The molecule has 0 unspecified atom stereocenters. The number of amides is 1. The van der Waals surface area contributed by atoms with Gasteiger partial charge in [0.25, 0.3) is 5.91 Å². The standard InChI is InChI=1S/C20H28N4O3S/c1-20(2,3)15-10-13(12-5-6-12)9-14-16(21)11-17(24-18(14)15)19(25)23-7-4-8-28(22,26)27/h9-12H,4-8H2,1-3H3,(H2,21,24)(H,23,25)(H2,22,26,27). The number of sulfonamides is 1. The molecule has 3 rings (SSSR count). The number of primary sulfonamides is 1. The van der Waals surface area contributed by atoms with Gasteiger partial charge in [-0.05, 0) is 53.9 Å². The zero-order valence-corrected chi connectivity index (χ0v) is 17.4. The number of carbonyl (C=O) groups is 1. The van der Waals surface area contributed by atoms with Crippen LogP contribution in [0.25, 0.3) is 10.9 Å². The Labute approximate surface area is 165 Å². The van der Waals surface area contributed by atoms with E-state index in [9.17, 15) is 13.2 Å². The van der Waals surface area contributed by atoms with Crippen LogP contribution in [-0.4, -0.2) is 31.6 Å². The molecular weight excluding hydrogens is 376 g/mol. The Morgan fingerprint density at radius 3 is 2.50 bits per heavy atom. The maximum Gasteiger partial charge on any atom is 0.269 e. The summed E-state index contributed by atoms with van der Waals surface area (Å²) >= 11 is 0. The molecule has 1 fully saturated rings. The first-order valence-corrected chi connectivity index (χ1v) is 11.2. The van der Waals surface area contributed by atoms with Crippen molar-refractivity contribution in [3.8, 4) is 0 Å². The van der Waals surface area contributed by atoms with Crippen molar-refractivity contribution in [1.29, 1.82) is 0 Å². The van der Waals surface area contributed by atoms with Gasteiger partial charge in [-0.25, -0.2) is 18.5 Å². The van der Waals surface area contributed by atoms with E-state index in [0.29, 0.717) is 11.6 Å². The van der Waals surface area contributed by atoms with E-state index in [1.807, 2.05) is 0 Å². The third-order valence-corrected chi connectivity index (χ3v) is 5.81. The van der Waals surface area contributed by atoms with Crippen LogP contribution in [0.5, 0.6) is 0 Å². The van der Waals surface area contributed by atoms with Gasteiger partial charge in [0.05, 0.1) is 11.3 Å². The van der Waals surface area contributed by atoms with Gasteiger partial charge in [0.1, 0.15) is 5.69 Å². The van der Waals surface area contributed by atoms with E-state index in [1.54, 1.807) is 6.07 Å². The second kappa shape index (κ2) is 7.33. The average Bonchev–Trinajstić information content (AvgIpc) is 3.41. The van der Waals surface area contributed by atoms with E-state index in [-0.39, 0.29) is 35.7 Å². The number of hydrogen-bond donors (Lipinski definition) is 3. The monoisotopic (exact) mass is 404 g/mol. The van der Waals surface area contributed by atoms with Crippen molar-refractivity contribution in [2.24, 2.45) is 5.14 Å². The lowest BCUT2D eigenvalue weighted by atomic mass is 9.83. The van der Waals surface area contributed by atoms with Crippen LogP contribution in [0, 0.1) is 0 Å². The smallest absolute Gasteiger partial charge is 0.269 e. The molecule has 7 nitrogen and oxygen atoms in total. The van der Waals surface area contributed by atoms with Crippen molar-refractivity contribution in [2.45, 2.75) is 51.4 Å². The summed E-state index contributed by atoms with van der Waals surface area (Å²) in [4.78, 5) is 17.1. The van der Waals surface area contributed by atoms with Crippen molar-refractivity contribution >= 4 is 32.5 Å². The molecule has 1 heterocycles. The summed E-state index contributed by atoms with van der Waals surface area (Å²) in [6, 6.07) is 5.87. The molecule has 5 N–H and O–H groups in total. The Morgan fingerprint density at radius 1 is 1.25 bits per heavy atom. The van der Waals surface area contributed by atoms with Gasteiger partial charge in [-0.15, -0.1) is 0 Å². The van der Waals surface area contributed by atoms with Gasteiger partial charge < -0.3 is 11.1 Å². The lowest BCUT2D eigenvalue weighted by Crippen LogP contribution is -2.28. The maximum atomic E-state index is 12.5. The van der Waals surface area contributed by atoms with Gasteiger partial charge in [-0.2, -0.15) is 0 Å². The molecule has 0 bridgehead atoms. The Bertz CT molecular complexity index is 1020. The number of rotatable bonds is 6. The molecule has 1 aliphatic rings. The number of nitrogens with zero attached hydrogens (tertiary/aromatic N) is 1. The summed E-state index contributed by atoms with van der Waals surface area (Å²) < 4.78 is 22.0. The summed E-state index contributed by atoms with van der Waals surface area (Å²) in [6.07, 6.45) is 2.63. The molecule has 1 aromatic carbocycles. The Morgan fingerprint density at radius 2 is 1.93 bits per heavy atom. The third-order valence-electron chi connectivity index (χ3n) is 4.95. The van der Waals surface area contributed by atoms with Crippen LogP contribution < -0.4 is 16.2 Å². The second-order valence-corrected chi connectivity index (χ2v) is 10.3. The predicted octanol–water partition coefficient (Wildman–Crippen LogP) is 2.40. The number of anilines is 1. The molecule has 152 valence electrons. The van der Waals surface area contributed by atoms with Crippen LogP contribution in [0.1, 0.15) is 67.6 Å². The molecule has 0 radical (unpaired) electrons. The van der Waals surface area contributed by atoms with Gasteiger partial charge in [0, 0.05) is 17.6 Å². The first kappa shape index (κ1) is 20.5. The van der Waals surface area contributed by atoms with Crippen molar-refractivity contribution in [1.82, 2.24) is 10.3 Å². The van der Waals surface area contributed by atoms with Crippen LogP contribution in [0.4, 0.5) is 5.69 Å². The van der Waals surface area contributed by atoms with Crippen LogP contribution in [0.2, 0.25) is 0 Å². The normalized spacial score (nSPS) is 15.0. The molecule has 1 amide bonds. The number of nitrogen functional groups attached to an aromatic ring is 1. The number of benzene rings is 1. The minimum atomic E-state index is -3.54. The number of nitrogens with two attached hydrogens (primary N) is 2. The van der Waals surface area contributed by atoms with E-state index in [0.717, 1.165) is 16.5 Å². The number of pyridine rings is 1. The molecule has 28 heavy (non-hydrogen) atoms. The summed E-state index contributed by atoms with van der Waals surface area (Å²) in [5.74, 6) is 0.0273. The van der Waals surface area contributed by atoms with Gasteiger partial charge in [0.2, 0.25) is 10.0 Å². The second-order valence-electron chi connectivity index (χ2n) is 8.56. The minimum absolute atomic E-state index is 0.146. The van der Waals surface area contributed by atoms with Crippen molar-refractivity contribution in [3.63, 3.8) is 0 Å². The number of fused-ring (bicyclic) bond motifs is 1. The predicted molar refractivity (Wildman–Crippen MR) is 112 cm³/mol. The first-order chi connectivity index (χ1) is 13.0. The van der Waals surface area contributed by atoms with Crippen LogP contribution in [0.3, 0.4) is 0 Å². The SMILES string of the molecule is CC(C)(C)c1cc(C2CC2)cc2c(N)cc(C(=O)NCCCS(N)(=O)=O)nc12. The van der Waals surface area contributed by atoms with E-state index in [1.165, 1.54) is 18.4 Å². The number of aromatic nitrogens is 1. The zero-order chi connectivity index (χ0) is 20.7. The molecule has 2 aromatic rings.